The summed E-state index contributed by atoms with van der Waals surface area (Å²) in [7, 11) is 0. The van der Waals surface area contributed by atoms with E-state index in [1.165, 1.54) is 0 Å². The maximum atomic E-state index is 12.6. The van der Waals surface area contributed by atoms with Gasteiger partial charge in [-0.25, -0.2) is 0 Å². The van der Waals surface area contributed by atoms with Crippen molar-refractivity contribution in [1.82, 2.24) is 4.90 Å². The summed E-state index contributed by atoms with van der Waals surface area (Å²) in [5.41, 5.74) is 5.50. The van der Waals surface area contributed by atoms with Gasteiger partial charge in [-0.05, 0) is 25.7 Å². The fourth-order valence-corrected chi connectivity index (χ4v) is 2.47. The van der Waals surface area contributed by atoms with E-state index in [-0.39, 0.29) is 17.7 Å². The van der Waals surface area contributed by atoms with E-state index >= 15 is 0 Å². The van der Waals surface area contributed by atoms with Crippen molar-refractivity contribution in [3.63, 3.8) is 0 Å². The van der Waals surface area contributed by atoms with Crippen LogP contribution in [0.1, 0.15) is 58.8 Å². The zero-order valence-corrected chi connectivity index (χ0v) is 12.1. The van der Waals surface area contributed by atoms with Gasteiger partial charge in [0.25, 0.3) is 0 Å². The van der Waals surface area contributed by atoms with Gasteiger partial charge in [-0.15, -0.1) is 0 Å². The van der Waals surface area contributed by atoms with Crippen LogP contribution >= 0.6 is 0 Å². The van der Waals surface area contributed by atoms with Crippen molar-refractivity contribution in [2.75, 3.05) is 6.54 Å². The second kappa shape index (κ2) is 8.02. The summed E-state index contributed by atoms with van der Waals surface area (Å²) in [6.45, 7) is 4.81. The lowest BCUT2D eigenvalue weighted by Crippen LogP contribution is -2.39. The average Bonchev–Trinajstić information content (AvgIpc) is 3.22. The second-order valence-corrected chi connectivity index (χ2v) is 5.38. The molecule has 1 aliphatic carbocycles. The third-order valence-electron chi connectivity index (χ3n) is 3.63. The second-order valence-electron chi connectivity index (χ2n) is 5.38. The Kier molecular flexibility index (Phi) is 6.67. The molecule has 110 valence electrons. The van der Waals surface area contributed by atoms with Gasteiger partial charge in [-0.2, -0.15) is 0 Å². The van der Waals surface area contributed by atoms with Crippen LogP contribution < -0.4 is 5.73 Å². The molecule has 1 aliphatic rings. The molecule has 0 heterocycles. The summed E-state index contributed by atoms with van der Waals surface area (Å²) in [5.74, 6) is 0.598. The monoisotopic (exact) mass is 269 g/mol. The number of hydrogen-bond acceptors (Lipinski definition) is 3. The number of carbonyl (C=O) groups is 1. The van der Waals surface area contributed by atoms with E-state index in [0.717, 1.165) is 38.5 Å². The highest BCUT2D eigenvalue weighted by Crippen LogP contribution is 2.30. The van der Waals surface area contributed by atoms with Crippen LogP contribution in [-0.4, -0.2) is 34.4 Å². The minimum Gasteiger partial charge on any atom is -0.409 e. The first-order chi connectivity index (χ1) is 9.13. The predicted octanol–water partition coefficient (Wildman–Crippen LogP) is 2.33. The Bertz CT molecular complexity index is 308. The van der Waals surface area contributed by atoms with Gasteiger partial charge < -0.3 is 15.8 Å². The molecule has 0 spiro atoms. The molecule has 1 rings (SSSR count). The molecule has 0 aliphatic heterocycles. The number of carbonyl (C=O) groups excluding carboxylic acids is 1. The Morgan fingerprint density at radius 2 is 1.95 bits per heavy atom. The molecule has 5 nitrogen and oxygen atoms in total. The molecule has 0 unspecified atom stereocenters. The van der Waals surface area contributed by atoms with E-state index in [1.807, 2.05) is 4.90 Å². The van der Waals surface area contributed by atoms with E-state index in [0.29, 0.717) is 19.0 Å². The maximum absolute atomic E-state index is 12.6. The van der Waals surface area contributed by atoms with Crippen LogP contribution in [0.5, 0.6) is 0 Å². The van der Waals surface area contributed by atoms with Crippen LogP contribution in [0.2, 0.25) is 0 Å². The number of hydrogen-bond donors (Lipinski definition) is 2. The van der Waals surface area contributed by atoms with E-state index < -0.39 is 0 Å². The summed E-state index contributed by atoms with van der Waals surface area (Å²) in [4.78, 5) is 14.5. The number of rotatable bonds is 9. The van der Waals surface area contributed by atoms with Crippen molar-refractivity contribution in [2.24, 2.45) is 16.8 Å². The Labute approximate surface area is 115 Å². The Morgan fingerprint density at radius 3 is 2.37 bits per heavy atom. The van der Waals surface area contributed by atoms with Crippen LogP contribution in [0.3, 0.4) is 0 Å². The summed E-state index contributed by atoms with van der Waals surface area (Å²) in [6, 6.07) is 0.384. The van der Waals surface area contributed by atoms with Crippen LogP contribution in [0, 0.1) is 5.92 Å². The average molecular weight is 269 g/mol. The van der Waals surface area contributed by atoms with Crippen molar-refractivity contribution in [3.8, 4) is 0 Å². The summed E-state index contributed by atoms with van der Waals surface area (Å²) in [6.07, 6.45) is 6.62. The van der Waals surface area contributed by atoms with E-state index in [9.17, 15) is 4.79 Å². The molecule has 1 amide bonds. The van der Waals surface area contributed by atoms with E-state index in [1.54, 1.807) is 0 Å². The minimum absolute atomic E-state index is 0.142. The molecule has 1 saturated carbocycles. The topological polar surface area (TPSA) is 78.9 Å². The summed E-state index contributed by atoms with van der Waals surface area (Å²) < 4.78 is 0. The predicted molar refractivity (Wildman–Crippen MR) is 76.1 cm³/mol. The molecular weight excluding hydrogens is 242 g/mol. The molecule has 1 fully saturated rings. The summed E-state index contributed by atoms with van der Waals surface area (Å²) in [5, 5.41) is 11.6. The van der Waals surface area contributed by atoms with Gasteiger partial charge in [0.1, 0.15) is 5.84 Å². The molecule has 0 radical (unpaired) electrons. The zero-order valence-electron chi connectivity index (χ0n) is 12.1. The van der Waals surface area contributed by atoms with Crippen molar-refractivity contribution in [3.05, 3.63) is 0 Å². The largest absolute Gasteiger partial charge is 0.409 e. The normalized spacial score (nSPS) is 15.8. The molecule has 3 N–H and O–H groups in total. The zero-order chi connectivity index (χ0) is 14.3. The smallest absolute Gasteiger partial charge is 0.225 e. The van der Waals surface area contributed by atoms with Gasteiger partial charge in [0.2, 0.25) is 5.91 Å². The lowest BCUT2D eigenvalue weighted by Gasteiger charge is -2.27. The summed E-state index contributed by atoms with van der Waals surface area (Å²) >= 11 is 0. The van der Waals surface area contributed by atoms with Crippen LogP contribution in [0.4, 0.5) is 0 Å². The molecule has 0 aromatic rings. The highest BCUT2D eigenvalue weighted by atomic mass is 16.4. The van der Waals surface area contributed by atoms with Crippen LogP contribution in [0.25, 0.3) is 0 Å². The van der Waals surface area contributed by atoms with Crippen LogP contribution in [0.15, 0.2) is 5.16 Å². The first-order valence-corrected chi connectivity index (χ1v) is 7.40. The molecule has 0 saturated heterocycles. The number of amides is 1. The fraction of sp³-hybridized carbons (Fsp3) is 0.857. The lowest BCUT2D eigenvalue weighted by molar-refractivity contribution is -0.136. The van der Waals surface area contributed by atoms with Crippen molar-refractivity contribution >= 4 is 11.7 Å². The fourth-order valence-electron chi connectivity index (χ4n) is 2.47. The van der Waals surface area contributed by atoms with Gasteiger partial charge >= 0.3 is 0 Å². The van der Waals surface area contributed by atoms with Crippen LogP contribution in [-0.2, 0) is 4.79 Å². The third kappa shape index (κ3) is 5.09. The highest BCUT2D eigenvalue weighted by Gasteiger charge is 2.34. The van der Waals surface area contributed by atoms with Gasteiger partial charge in [-0.3, -0.25) is 4.79 Å². The quantitative estimate of drug-likeness (QED) is 0.292. The Balaban J connectivity index is 2.60. The van der Waals surface area contributed by atoms with E-state index in [4.69, 9.17) is 10.9 Å². The molecule has 5 heteroatoms. The standard InChI is InChI=1S/C14H27N3O2/c1-3-5-11(6-4-2)14(18)17(12-7-8-12)10-9-13(15)16-19/h11-12,19H,3-10H2,1-2H3,(H2,15,16). The van der Waals surface area contributed by atoms with E-state index in [2.05, 4.69) is 19.0 Å². The molecule has 19 heavy (non-hydrogen) atoms. The Morgan fingerprint density at radius 1 is 1.37 bits per heavy atom. The first kappa shape index (κ1) is 15.8. The number of nitrogens with two attached hydrogens (primary N) is 1. The minimum atomic E-state index is 0.142. The number of nitrogens with zero attached hydrogens (tertiary/aromatic N) is 2. The van der Waals surface area contributed by atoms with Crippen molar-refractivity contribution < 1.29 is 10.0 Å². The first-order valence-electron chi connectivity index (χ1n) is 7.40. The highest BCUT2D eigenvalue weighted by molar-refractivity contribution is 5.82. The van der Waals surface area contributed by atoms with Gasteiger partial charge in [-0.1, -0.05) is 31.8 Å². The van der Waals surface area contributed by atoms with Crippen molar-refractivity contribution in [1.29, 1.82) is 0 Å². The Hall–Kier alpha value is -1.26. The lowest BCUT2D eigenvalue weighted by atomic mass is 9.96. The maximum Gasteiger partial charge on any atom is 0.225 e. The molecular formula is C14H27N3O2. The molecule has 0 aromatic heterocycles. The van der Waals surface area contributed by atoms with Gasteiger partial charge in [0, 0.05) is 24.9 Å². The van der Waals surface area contributed by atoms with Crippen molar-refractivity contribution in [2.45, 2.75) is 64.8 Å². The SMILES string of the molecule is CCCC(CCC)C(=O)N(CCC(N)=NO)C1CC1. The molecule has 0 atom stereocenters. The number of oxime groups is 1. The van der Waals surface area contributed by atoms with Gasteiger partial charge in [0.05, 0.1) is 0 Å². The third-order valence-corrected chi connectivity index (χ3v) is 3.63. The number of amidine groups is 1. The van der Waals surface area contributed by atoms with Gasteiger partial charge in [0.15, 0.2) is 0 Å². The molecule has 0 bridgehead atoms. The molecule has 0 aromatic carbocycles.